The zero-order valence-corrected chi connectivity index (χ0v) is 18.9. The largest absolute Gasteiger partial charge is 0.454 e. The smallest absolute Gasteiger partial charge is 0.433 e. The Morgan fingerprint density at radius 3 is 2.68 bits per heavy atom. The second-order valence-electron chi connectivity index (χ2n) is 8.09. The van der Waals surface area contributed by atoms with E-state index >= 15 is 0 Å². The van der Waals surface area contributed by atoms with Crippen LogP contribution in [0.5, 0.6) is 11.5 Å². The number of halogens is 3. The first-order valence-electron chi connectivity index (χ1n) is 10.4. The van der Waals surface area contributed by atoms with E-state index < -0.39 is 33.7 Å². The third-order valence-corrected chi connectivity index (χ3v) is 5.97. The van der Waals surface area contributed by atoms with Crippen molar-refractivity contribution in [2.24, 2.45) is 5.92 Å². The van der Waals surface area contributed by atoms with Gasteiger partial charge in [0.1, 0.15) is 11.5 Å². The molecule has 34 heavy (non-hydrogen) atoms. The summed E-state index contributed by atoms with van der Waals surface area (Å²) in [5, 5.41) is 6.53. The maximum atomic E-state index is 13.3. The van der Waals surface area contributed by atoms with E-state index in [-0.39, 0.29) is 30.6 Å². The molecule has 1 aromatic carbocycles. The molecule has 2 aliphatic rings. The summed E-state index contributed by atoms with van der Waals surface area (Å²) >= 11 is 0. The van der Waals surface area contributed by atoms with E-state index in [1.165, 1.54) is 6.08 Å². The van der Waals surface area contributed by atoms with Crippen molar-refractivity contribution in [1.82, 2.24) is 10.3 Å². The van der Waals surface area contributed by atoms with Crippen LogP contribution in [0.4, 0.5) is 19.0 Å². The lowest BCUT2D eigenvalue weighted by Gasteiger charge is -2.18. The summed E-state index contributed by atoms with van der Waals surface area (Å²) in [6.07, 6.45) is -0.676. The van der Waals surface area contributed by atoms with Gasteiger partial charge >= 0.3 is 6.18 Å². The molecule has 2 aromatic rings. The highest BCUT2D eigenvalue weighted by molar-refractivity contribution is 7.93. The average Bonchev–Trinajstić information content (AvgIpc) is 3.49. The Labute approximate surface area is 194 Å². The van der Waals surface area contributed by atoms with Crippen LogP contribution in [0.3, 0.4) is 0 Å². The molecule has 1 aliphatic carbocycles. The van der Waals surface area contributed by atoms with Gasteiger partial charge in [-0.15, -0.1) is 0 Å². The number of nitrogens with one attached hydrogen (secondary N) is 2. The Kier molecular flexibility index (Phi) is 6.43. The molecule has 0 bridgehead atoms. The number of hydrogen-bond donors (Lipinski definition) is 2. The van der Waals surface area contributed by atoms with Crippen LogP contribution >= 0.6 is 0 Å². The lowest BCUT2D eigenvalue weighted by molar-refractivity contribution is -0.141. The van der Waals surface area contributed by atoms with Gasteiger partial charge in [-0.2, -0.15) is 13.2 Å². The predicted octanol–water partition coefficient (Wildman–Crippen LogP) is 3.51. The standard InChI is InChI=1S/C22H22F3N3O5S/c1-34(30,31)10-9-16(13-5-6-13)27-21(29)15-7-8-18(22(23,24)25)28-20(15)26-11-14-3-2-4-17-19(14)33-12-32-17/h2-4,7-10,13,16H,5-6,11-12H2,1H3,(H,26,28)(H,27,29)/b10-9+/t16-/m1/s1. The van der Waals surface area contributed by atoms with Gasteiger partial charge in [-0.25, -0.2) is 13.4 Å². The number of hydrogen-bond acceptors (Lipinski definition) is 7. The zero-order chi connectivity index (χ0) is 24.5. The van der Waals surface area contributed by atoms with E-state index in [9.17, 15) is 26.4 Å². The van der Waals surface area contributed by atoms with Gasteiger partial charge < -0.3 is 20.1 Å². The van der Waals surface area contributed by atoms with E-state index in [2.05, 4.69) is 15.6 Å². The summed E-state index contributed by atoms with van der Waals surface area (Å²) in [6.45, 7) is 0.0620. The van der Waals surface area contributed by atoms with Crippen molar-refractivity contribution in [3.8, 4) is 11.5 Å². The fraction of sp³-hybridized carbons (Fsp3) is 0.364. The molecule has 12 heteroatoms. The molecule has 0 unspecified atom stereocenters. The minimum absolute atomic E-state index is 0.0289. The van der Waals surface area contributed by atoms with E-state index in [0.29, 0.717) is 17.1 Å². The molecule has 1 amide bonds. The van der Waals surface area contributed by atoms with Crippen LogP contribution in [-0.4, -0.2) is 38.4 Å². The lowest BCUT2D eigenvalue weighted by atomic mass is 10.1. The van der Waals surface area contributed by atoms with Crippen LogP contribution in [0.25, 0.3) is 0 Å². The van der Waals surface area contributed by atoms with Crippen molar-refractivity contribution in [2.45, 2.75) is 31.6 Å². The molecular weight excluding hydrogens is 475 g/mol. The number of aromatic nitrogens is 1. The summed E-state index contributed by atoms with van der Waals surface area (Å²) in [6, 6.07) is 6.34. The number of alkyl halides is 3. The van der Waals surface area contributed by atoms with Gasteiger partial charge in [0, 0.05) is 23.8 Å². The highest BCUT2D eigenvalue weighted by Gasteiger charge is 2.35. The number of fused-ring (bicyclic) bond motifs is 1. The fourth-order valence-electron chi connectivity index (χ4n) is 3.48. The van der Waals surface area contributed by atoms with Crippen LogP contribution in [-0.2, 0) is 22.6 Å². The lowest BCUT2D eigenvalue weighted by Crippen LogP contribution is -2.35. The molecule has 4 rings (SSSR count). The number of benzene rings is 1. The summed E-state index contributed by atoms with van der Waals surface area (Å²) < 4.78 is 73.5. The first-order chi connectivity index (χ1) is 16.0. The van der Waals surface area contributed by atoms with E-state index in [0.717, 1.165) is 36.6 Å². The first-order valence-corrected chi connectivity index (χ1v) is 12.4. The fourth-order valence-corrected chi connectivity index (χ4v) is 3.93. The molecular formula is C22H22F3N3O5S. The normalized spacial score (nSPS) is 16.5. The molecule has 1 aliphatic heterocycles. The Bertz CT molecular complexity index is 1230. The summed E-state index contributed by atoms with van der Waals surface area (Å²) in [7, 11) is -3.40. The van der Waals surface area contributed by atoms with Crippen LogP contribution in [0.1, 0.15) is 34.5 Å². The number of para-hydroxylation sites is 1. The van der Waals surface area contributed by atoms with Crippen LogP contribution in [0, 0.1) is 5.92 Å². The molecule has 8 nitrogen and oxygen atoms in total. The number of amides is 1. The molecule has 1 atom stereocenters. The number of nitrogens with zero attached hydrogens (tertiary/aromatic N) is 1. The Balaban J connectivity index is 1.59. The Morgan fingerprint density at radius 2 is 2.00 bits per heavy atom. The summed E-state index contributed by atoms with van der Waals surface area (Å²) in [4.78, 5) is 16.6. The van der Waals surface area contributed by atoms with Crippen molar-refractivity contribution < 1.29 is 35.9 Å². The number of pyridine rings is 1. The number of rotatable bonds is 8. The van der Waals surface area contributed by atoms with Gasteiger partial charge in [0.2, 0.25) is 6.79 Å². The molecule has 2 N–H and O–H groups in total. The van der Waals surface area contributed by atoms with Gasteiger partial charge in [0.25, 0.3) is 5.91 Å². The third kappa shape index (κ3) is 5.79. The molecule has 2 heterocycles. The number of carbonyl (C=O) groups excluding carboxylic acids is 1. The number of carbonyl (C=O) groups is 1. The quantitative estimate of drug-likeness (QED) is 0.575. The second-order valence-corrected chi connectivity index (χ2v) is 10.0. The van der Waals surface area contributed by atoms with Gasteiger partial charge in [0.15, 0.2) is 21.3 Å². The van der Waals surface area contributed by atoms with Gasteiger partial charge in [0.05, 0.1) is 11.6 Å². The minimum atomic E-state index is -4.70. The number of sulfone groups is 1. The Morgan fingerprint density at radius 1 is 1.24 bits per heavy atom. The van der Waals surface area contributed by atoms with Crippen molar-refractivity contribution >= 4 is 21.6 Å². The molecule has 0 radical (unpaired) electrons. The summed E-state index contributed by atoms with van der Waals surface area (Å²) in [5.74, 6) is 0.110. The summed E-state index contributed by atoms with van der Waals surface area (Å²) in [5.41, 5.74) is -0.635. The maximum Gasteiger partial charge on any atom is 0.433 e. The average molecular weight is 497 g/mol. The molecule has 1 saturated carbocycles. The van der Waals surface area contributed by atoms with Crippen molar-refractivity contribution in [2.75, 3.05) is 18.4 Å². The van der Waals surface area contributed by atoms with E-state index in [4.69, 9.17) is 9.47 Å². The van der Waals surface area contributed by atoms with Crippen LogP contribution in [0.2, 0.25) is 0 Å². The number of anilines is 1. The van der Waals surface area contributed by atoms with Crippen molar-refractivity contribution in [3.05, 3.63) is 58.6 Å². The predicted molar refractivity (Wildman–Crippen MR) is 117 cm³/mol. The highest BCUT2D eigenvalue weighted by atomic mass is 32.2. The molecule has 182 valence electrons. The third-order valence-electron chi connectivity index (χ3n) is 5.32. The van der Waals surface area contributed by atoms with Crippen molar-refractivity contribution in [1.29, 1.82) is 0 Å². The monoisotopic (exact) mass is 497 g/mol. The first kappa shape index (κ1) is 23.9. The van der Waals surface area contributed by atoms with Gasteiger partial charge in [-0.1, -0.05) is 18.2 Å². The molecule has 0 spiro atoms. The van der Waals surface area contributed by atoms with Gasteiger partial charge in [-0.05, 0) is 37.0 Å². The minimum Gasteiger partial charge on any atom is -0.454 e. The number of ether oxygens (including phenoxy) is 2. The SMILES string of the molecule is CS(=O)(=O)/C=C/[C@@H](NC(=O)c1ccc(C(F)(F)F)nc1NCc1cccc2c1OCO2)C1CC1. The molecule has 0 saturated heterocycles. The van der Waals surface area contributed by atoms with Gasteiger partial charge in [-0.3, -0.25) is 4.79 Å². The van der Waals surface area contributed by atoms with E-state index in [1.807, 2.05) is 0 Å². The topological polar surface area (TPSA) is 107 Å². The molecule has 1 fully saturated rings. The maximum absolute atomic E-state index is 13.3. The van der Waals surface area contributed by atoms with Crippen LogP contribution < -0.4 is 20.1 Å². The molecule has 1 aromatic heterocycles. The zero-order valence-electron chi connectivity index (χ0n) is 18.1. The van der Waals surface area contributed by atoms with Crippen LogP contribution in [0.15, 0.2) is 41.8 Å². The Hall–Kier alpha value is -3.28. The van der Waals surface area contributed by atoms with Crippen molar-refractivity contribution in [3.63, 3.8) is 0 Å². The second kappa shape index (κ2) is 9.16. The highest BCUT2D eigenvalue weighted by Crippen LogP contribution is 2.36. The van der Waals surface area contributed by atoms with E-state index in [1.54, 1.807) is 18.2 Å².